The minimum absolute atomic E-state index is 0. The van der Waals surface area contributed by atoms with Gasteiger partial charge in [-0.3, -0.25) is 4.79 Å². The van der Waals surface area contributed by atoms with Crippen LogP contribution in [0.5, 0.6) is 0 Å². The highest BCUT2D eigenvalue weighted by Crippen LogP contribution is 2.10. The van der Waals surface area contributed by atoms with Crippen LogP contribution in [-0.2, 0) is 4.74 Å². The van der Waals surface area contributed by atoms with Gasteiger partial charge in [-0.15, -0.1) is 12.4 Å². The first-order valence-corrected chi connectivity index (χ1v) is 5.28. The van der Waals surface area contributed by atoms with E-state index < -0.39 is 0 Å². The van der Waals surface area contributed by atoms with Gasteiger partial charge in [0.05, 0.1) is 6.61 Å². The SMILES string of the molecule is COCCNC(=O)c1ccc(C(C)N)cc1.Cl. The summed E-state index contributed by atoms with van der Waals surface area (Å²) in [6.07, 6.45) is 0. The maximum Gasteiger partial charge on any atom is 0.251 e. The van der Waals surface area contributed by atoms with E-state index in [9.17, 15) is 4.79 Å². The molecule has 4 nitrogen and oxygen atoms in total. The highest BCUT2D eigenvalue weighted by atomic mass is 35.5. The maximum atomic E-state index is 11.6. The Kier molecular flexibility index (Phi) is 7.54. The number of methoxy groups -OCH3 is 1. The zero-order valence-corrected chi connectivity index (χ0v) is 10.9. The normalized spacial score (nSPS) is 11.5. The van der Waals surface area contributed by atoms with Crippen LogP contribution in [0.2, 0.25) is 0 Å². The van der Waals surface area contributed by atoms with Gasteiger partial charge in [-0.25, -0.2) is 0 Å². The van der Waals surface area contributed by atoms with Crippen molar-refractivity contribution in [3.05, 3.63) is 35.4 Å². The van der Waals surface area contributed by atoms with Gasteiger partial charge in [0.1, 0.15) is 0 Å². The number of rotatable bonds is 5. The molecular formula is C12H19ClN2O2. The number of carbonyl (C=O) groups excluding carboxylic acids is 1. The second kappa shape index (κ2) is 8.06. The Hall–Kier alpha value is -1.10. The van der Waals surface area contributed by atoms with E-state index in [1.54, 1.807) is 19.2 Å². The summed E-state index contributed by atoms with van der Waals surface area (Å²) in [5, 5.41) is 2.75. The summed E-state index contributed by atoms with van der Waals surface area (Å²) in [6, 6.07) is 7.29. The summed E-state index contributed by atoms with van der Waals surface area (Å²) in [6.45, 7) is 2.95. The third-order valence-corrected chi connectivity index (χ3v) is 2.29. The number of carbonyl (C=O) groups is 1. The average Bonchev–Trinajstić information content (AvgIpc) is 2.29. The number of hydrogen-bond acceptors (Lipinski definition) is 3. The Bertz CT molecular complexity index is 339. The van der Waals surface area contributed by atoms with E-state index in [1.807, 2.05) is 19.1 Å². The minimum atomic E-state index is -0.0896. The Labute approximate surface area is 108 Å². The molecule has 0 aliphatic heterocycles. The first-order chi connectivity index (χ1) is 7.65. The fourth-order valence-corrected chi connectivity index (χ4v) is 1.31. The molecule has 0 aliphatic carbocycles. The molecule has 1 rings (SSSR count). The third-order valence-electron chi connectivity index (χ3n) is 2.29. The Morgan fingerprint density at radius 2 is 2.00 bits per heavy atom. The number of halogens is 1. The molecule has 0 saturated heterocycles. The Morgan fingerprint density at radius 3 is 2.47 bits per heavy atom. The molecule has 0 saturated carbocycles. The van der Waals surface area contributed by atoms with Crippen molar-refractivity contribution in [3.63, 3.8) is 0 Å². The lowest BCUT2D eigenvalue weighted by Gasteiger charge is -2.07. The smallest absolute Gasteiger partial charge is 0.251 e. The van der Waals surface area contributed by atoms with Gasteiger partial charge in [0.15, 0.2) is 0 Å². The van der Waals surface area contributed by atoms with Crippen molar-refractivity contribution in [2.75, 3.05) is 20.3 Å². The molecule has 0 radical (unpaired) electrons. The van der Waals surface area contributed by atoms with Crippen molar-refractivity contribution >= 4 is 18.3 Å². The molecule has 5 heteroatoms. The highest BCUT2D eigenvalue weighted by Gasteiger charge is 2.05. The van der Waals surface area contributed by atoms with Gasteiger partial charge in [0.25, 0.3) is 5.91 Å². The summed E-state index contributed by atoms with van der Waals surface area (Å²) < 4.78 is 4.85. The third kappa shape index (κ3) is 5.17. The van der Waals surface area contributed by atoms with Crippen molar-refractivity contribution in [3.8, 4) is 0 Å². The predicted molar refractivity (Wildman–Crippen MR) is 70.5 cm³/mol. The summed E-state index contributed by atoms with van der Waals surface area (Å²) in [5.74, 6) is -0.0896. The average molecular weight is 259 g/mol. The van der Waals surface area contributed by atoms with E-state index in [0.717, 1.165) is 5.56 Å². The zero-order valence-electron chi connectivity index (χ0n) is 10.1. The molecule has 1 atom stereocenters. The van der Waals surface area contributed by atoms with Crippen LogP contribution in [-0.4, -0.2) is 26.2 Å². The Balaban J connectivity index is 0.00000256. The van der Waals surface area contributed by atoms with Crippen molar-refractivity contribution in [2.45, 2.75) is 13.0 Å². The molecule has 0 aliphatic rings. The lowest BCUT2D eigenvalue weighted by Crippen LogP contribution is -2.26. The van der Waals surface area contributed by atoms with Gasteiger partial charge < -0.3 is 15.8 Å². The lowest BCUT2D eigenvalue weighted by atomic mass is 10.1. The number of benzene rings is 1. The molecule has 1 aromatic rings. The van der Waals surface area contributed by atoms with Crippen LogP contribution in [0.1, 0.15) is 28.9 Å². The van der Waals surface area contributed by atoms with Gasteiger partial charge >= 0.3 is 0 Å². The van der Waals surface area contributed by atoms with Gasteiger partial charge in [-0.2, -0.15) is 0 Å². The second-order valence-corrected chi connectivity index (χ2v) is 3.66. The fraction of sp³-hybridized carbons (Fsp3) is 0.417. The van der Waals surface area contributed by atoms with E-state index in [-0.39, 0.29) is 24.4 Å². The first kappa shape index (κ1) is 15.9. The van der Waals surface area contributed by atoms with Crippen molar-refractivity contribution in [1.82, 2.24) is 5.32 Å². The van der Waals surface area contributed by atoms with Gasteiger partial charge in [0, 0.05) is 25.3 Å². The maximum absolute atomic E-state index is 11.6. The number of nitrogens with two attached hydrogens (primary N) is 1. The molecule has 0 fully saturated rings. The molecule has 3 N–H and O–H groups in total. The molecule has 96 valence electrons. The lowest BCUT2D eigenvalue weighted by molar-refractivity contribution is 0.0937. The molecule has 0 spiro atoms. The van der Waals surface area contributed by atoms with E-state index in [2.05, 4.69) is 5.32 Å². The second-order valence-electron chi connectivity index (χ2n) is 3.66. The Morgan fingerprint density at radius 1 is 1.41 bits per heavy atom. The molecule has 1 amide bonds. The number of nitrogens with one attached hydrogen (secondary N) is 1. The first-order valence-electron chi connectivity index (χ1n) is 5.28. The van der Waals surface area contributed by atoms with Crippen molar-refractivity contribution < 1.29 is 9.53 Å². The summed E-state index contributed by atoms with van der Waals surface area (Å²) in [4.78, 5) is 11.6. The van der Waals surface area contributed by atoms with Gasteiger partial charge in [-0.05, 0) is 24.6 Å². The van der Waals surface area contributed by atoms with Crippen LogP contribution in [0.25, 0.3) is 0 Å². The van der Waals surface area contributed by atoms with Crippen LogP contribution in [0.15, 0.2) is 24.3 Å². The topological polar surface area (TPSA) is 64.3 Å². The van der Waals surface area contributed by atoms with E-state index >= 15 is 0 Å². The number of ether oxygens (including phenoxy) is 1. The zero-order chi connectivity index (χ0) is 12.0. The van der Waals surface area contributed by atoms with Crippen LogP contribution in [0.3, 0.4) is 0 Å². The summed E-state index contributed by atoms with van der Waals surface area (Å²) in [7, 11) is 1.60. The van der Waals surface area contributed by atoms with E-state index in [1.165, 1.54) is 0 Å². The summed E-state index contributed by atoms with van der Waals surface area (Å²) in [5.41, 5.74) is 7.38. The molecule has 0 aromatic heterocycles. The quantitative estimate of drug-likeness (QED) is 0.787. The minimum Gasteiger partial charge on any atom is -0.383 e. The highest BCUT2D eigenvalue weighted by molar-refractivity contribution is 5.94. The molecule has 0 bridgehead atoms. The molecule has 0 heterocycles. The predicted octanol–water partition coefficient (Wildman–Crippen LogP) is 1.50. The van der Waals surface area contributed by atoms with E-state index in [0.29, 0.717) is 18.7 Å². The standard InChI is InChI=1S/C12H18N2O2.ClH/c1-9(13)10-3-5-11(6-4-10)12(15)14-7-8-16-2;/h3-6,9H,7-8,13H2,1-2H3,(H,14,15);1H. The number of amides is 1. The van der Waals surface area contributed by atoms with Gasteiger partial charge in [-0.1, -0.05) is 12.1 Å². The molecular weight excluding hydrogens is 240 g/mol. The molecule has 17 heavy (non-hydrogen) atoms. The van der Waals surface area contributed by atoms with Crippen LogP contribution in [0.4, 0.5) is 0 Å². The van der Waals surface area contributed by atoms with Crippen LogP contribution >= 0.6 is 12.4 Å². The van der Waals surface area contributed by atoms with Crippen molar-refractivity contribution in [1.29, 1.82) is 0 Å². The monoisotopic (exact) mass is 258 g/mol. The van der Waals surface area contributed by atoms with Crippen LogP contribution < -0.4 is 11.1 Å². The molecule has 1 unspecified atom stereocenters. The van der Waals surface area contributed by atoms with Crippen LogP contribution in [0, 0.1) is 0 Å². The fourth-order valence-electron chi connectivity index (χ4n) is 1.31. The summed E-state index contributed by atoms with van der Waals surface area (Å²) >= 11 is 0. The van der Waals surface area contributed by atoms with Crippen molar-refractivity contribution in [2.24, 2.45) is 5.73 Å². The largest absolute Gasteiger partial charge is 0.383 e. The van der Waals surface area contributed by atoms with E-state index in [4.69, 9.17) is 10.5 Å². The number of hydrogen-bond donors (Lipinski definition) is 2. The molecule has 1 aromatic carbocycles. The van der Waals surface area contributed by atoms with Gasteiger partial charge in [0.2, 0.25) is 0 Å².